The number of tetrazole rings is 1. The minimum Gasteiger partial charge on any atom is -0.366 e. The number of nitrogen functional groups attached to an aromatic ring is 1. The van der Waals surface area contributed by atoms with Gasteiger partial charge in [0.1, 0.15) is 5.82 Å². The maximum Gasteiger partial charge on any atom is 0.245 e. The fraction of sp³-hybridized carbons (Fsp3) is 0. The van der Waals surface area contributed by atoms with Crippen LogP contribution < -0.4 is 5.73 Å². The van der Waals surface area contributed by atoms with Crippen LogP contribution in [0.25, 0.3) is 5.69 Å². The van der Waals surface area contributed by atoms with Crippen molar-refractivity contribution in [2.75, 3.05) is 5.73 Å². The highest BCUT2D eigenvalue weighted by atomic mass is 35.5. The van der Waals surface area contributed by atoms with Crippen LogP contribution in [0.15, 0.2) is 18.2 Å². The Bertz CT molecular complexity index is 469. The second-order valence-corrected chi connectivity index (χ2v) is 2.95. The molecule has 1 aromatic heterocycles. The zero-order valence-electron chi connectivity index (χ0n) is 6.85. The van der Waals surface area contributed by atoms with Crippen LogP contribution >= 0.6 is 11.6 Å². The molecule has 0 unspecified atom stereocenters. The first-order chi connectivity index (χ1) is 6.68. The van der Waals surface area contributed by atoms with Crippen LogP contribution in [0.3, 0.4) is 0 Å². The third-order valence-corrected chi connectivity index (χ3v) is 1.93. The second kappa shape index (κ2) is 3.22. The third kappa shape index (κ3) is 1.39. The summed E-state index contributed by atoms with van der Waals surface area (Å²) in [4.78, 5) is 0. The number of hydrogen-bond donors (Lipinski definition) is 1. The predicted molar refractivity (Wildman–Crippen MR) is 48.5 cm³/mol. The number of anilines is 1. The van der Waals surface area contributed by atoms with E-state index in [0.717, 1.165) is 0 Å². The lowest BCUT2D eigenvalue weighted by molar-refractivity contribution is 0.627. The van der Waals surface area contributed by atoms with Crippen molar-refractivity contribution in [3.63, 3.8) is 0 Å². The van der Waals surface area contributed by atoms with E-state index < -0.39 is 5.82 Å². The molecule has 72 valence electrons. The summed E-state index contributed by atoms with van der Waals surface area (Å²) in [5.74, 6) is -0.380. The molecule has 0 aliphatic heterocycles. The molecule has 0 saturated carbocycles. The first-order valence-corrected chi connectivity index (χ1v) is 4.05. The monoisotopic (exact) mass is 213 g/mol. The van der Waals surface area contributed by atoms with Crippen LogP contribution in [0.1, 0.15) is 0 Å². The van der Waals surface area contributed by atoms with Gasteiger partial charge in [0.2, 0.25) is 5.95 Å². The minimum atomic E-state index is -0.498. The van der Waals surface area contributed by atoms with Crippen LogP contribution in [0.5, 0.6) is 0 Å². The molecule has 5 nitrogen and oxygen atoms in total. The fourth-order valence-electron chi connectivity index (χ4n) is 0.995. The standard InChI is InChI=1S/C7H5ClFN5/c8-5-3-4(1-2-6(5)9)14-7(10)11-12-13-14/h1-3H,(H2,10,11,13). The maximum atomic E-state index is 12.8. The lowest BCUT2D eigenvalue weighted by atomic mass is 10.3. The quantitative estimate of drug-likeness (QED) is 0.768. The van der Waals surface area contributed by atoms with E-state index in [1.54, 1.807) is 0 Å². The Morgan fingerprint density at radius 3 is 2.79 bits per heavy atom. The van der Waals surface area contributed by atoms with Crippen molar-refractivity contribution in [1.29, 1.82) is 0 Å². The molecule has 0 atom stereocenters. The summed E-state index contributed by atoms with van der Waals surface area (Å²) < 4.78 is 14.1. The van der Waals surface area contributed by atoms with Crippen molar-refractivity contribution in [2.24, 2.45) is 0 Å². The average Bonchev–Trinajstić information content (AvgIpc) is 2.57. The molecule has 0 bridgehead atoms. The molecule has 7 heteroatoms. The molecule has 2 rings (SSSR count). The van der Waals surface area contributed by atoms with E-state index in [-0.39, 0.29) is 11.0 Å². The summed E-state index contributed by atoms with van der Waals surface area (Å²) >= 11 is 5.59. The molecule has 0 spiro atoms. The third-order valence-electron chi connectivity index (χ3n) is 1.64. The highest BCUT2D eigenvalue weighted by Gasteiger charge is 2.06. The lowest BCUT2D eigenvalue weighted by Gasteiger charge is -2.01. The van der Waals surface area contributed by atoms with E-state index >= 15 is 0 Å². The number of nitrogens with zero attached hydrogens (tertiary/aromatic N) is 4. The van der Waals surface area contributed by atoms with E-state index in [2.05, 4.69) is 15.5 Å². The molecular formula is C7H5ClFN5. The Hall–Kier alpha value is -1.69. The molecule has 1 aromatic carbocycles. The van der Waals surface area contributed by atoms with Gasteiger partial charge in [0.05, 0.1) is 10.7 Å². The van der Waals surface area contributed by atoms with Gasteiger partial charge in [-0.1, -0.05) is 16.7 Å². The number of halogens is 2. The summed E-state index contributed by atoms with van der Waals surface area (Å²) in [6.45, 7) is 0. The zero-order valence-corrected chi connectivity index (χ0v) is 7.61. The van der Waals surface area contributed by atoms with Crippen LogP contribution in [0.2, 0.25) is 5.02 Å². The molecule has 14 heavy (non-hydrogen) atoms. The Morgan fingerprint density at radius 2 is 2.21 bits per heavy atom. The molecular weight excluding hydrogens is 209 g/mol. The van der Waals surface area contributed by atoms with Gasteiger partial charge in [0.15, 0.2) is 0 Å². The van der Waals surface area contributed by atoms with Crippen molar-refractivity contribution >= 4 is 17.5 Å². The Balaban J connectivity index is 2.53. The van der Waals surface area contributed by atoms with E-state index in [0.29, 0.717) is 5.69 Å². The molecule has 1 heterocycles. The van der Waals surface area contributed by atoms with Gasteiger partial charge in [0, 0.05) is 0 Å². The molecule has 0 saturated heterocycles. The summed E-state index contributed by atoms with van der Waals surface area (Å²) in [7, 11) is 0. The largest absolute Gasteiger partial charge is 0.366 e. The fourth-order valence-corrected chi connectivity index (χ4v) is 1.17. The molecule has 0 aliphatic rings. The van der Waals surface area contributed by atoms with Gasteiger partial charge in [-0.05, 0) is 28.6 Å². The van der Waals surface area contributed by atoms with E-state index in [1.807, 2.05) is 0 Å². The van der Waals surface area contributed by atoms with Gasteiger partial charge in [-0.3, -0.25) is 0 Å². The number of benzene rings is 1. The van der Waals surface area contributed by atoms with Crippen molar-refractivity contribution in [3.8, 4) is 5.69 Å². The molecule has 0 amide bonds. The second-order valence-electron chi connectivity index (χ2n) is 2.55. The SMILES string of the molecule is Nc1nnnn1-c1ccc(F)c(Cl)c1. The number of aromatic nitrogens is 4. The van der Waals surface area contributed by atoms with Crippen LogP contribution in [0, 0.1) is 5.82 Å². The number of rotatable bonds is 1. The van der Waals surface area contributed by atoms with Gasteiger partial charge in [-0.2, -0.15) is 4.68 Å². The van der Waals surface area contributed by atoms with E-state index in [1.165, 1.54) is 22.9 Å². The van der Waals surface area contributed by atoms with Gasteiger partial charge in [-0.25, -0.2) is 4.39 Å². The summed E-state index contributed by atoms with van der Waals surface area (Å²) in [5.41, 5.74) is 5.96. The predicted octanol–water partition coefficient (Wildman–Crippen LogP) is 1.04. The van der Waals surface area contributed by atoms with Gasteiger partial charge >= 0.3 is 0 Å². The van der Waals surface area contributed by atoms with Crippen molar-refractivity contribution < 1.29 is 4.39 Å². The van der Waals surface area contributed by atoms with Crippen LogP contribution in [-0.4, -0.2) is 20.2 Å². The highest BCUT2D eigenvalue weighted by Crippen LogP contribution is 2.18. The Labute approximate surface area is 83.3 Å². The van der Waals surface area contributed by atoms with Gasteiger partial charge in [0.25, 0.3) is 0 Å². The zero-order chi connectivity index (χ0) is 10.1. The smallest absolute Gasteiger partial charge is 0.245 e. The lowest BCUT2D eigenvalue weighted by Crippen LogP contribution is -2.02. The normalized spacial score (nSPS) is 10.4. The first kappa shape index (κ1) is 8.89. The Kier molecular flexibility index (Phi) is 2.05. The van der Waals surface area contributed by atoms with Crippen molar-refractivity contribution in [2.45, 2.75) is 0 Å². The maximum absolute atomic E-state index is 12.8. The summed E-state index contributed by atoms with van der Waals surface area (Å²) in [6, 6.07) is 4.09. The number of nitrogens with two attached hydrogens (primary N) is 1. The molecule has 0 fully saturated rings. The Morgan fingerprint density at radius 1 is 1.43 bits per heavy atom. The highest BCUT2D eigenvalue weighted by molar-refractivity contribution is 6.30. The minimum absolute atomic E-state index is 0.00241. The van der Waals surface area contributed by atoms with E-state index in [9.17, 15) is 4.39 Å². The number of hydrogen-bond acceptors (Lipinski definition) is 4. The van der Waals surface area contributed by atoms with Crippen LogP contribution in [0.4, 0.5) is 10.3 Å². The van der Waals surface area contributed by atoms with Crippen molar-refractivity contribution in [3.05, 3.63) is 29.0 Å². The topological polar surface area (TPSA) is 69.6 Å². The molecule has 0 aliphatic carbocycles. The summed E-state index contributed by atoms with van der Waals surface area (Å²) in [5, 5.41) is 10.4. The van der Waals surface area contributed by atoms with Crippen molar-refractivity contribution in [1.82, 2.24) is 20.2 Å². The average molecular weight is 214 g/mol. The van der Waals surface area contributed by atoms with Gasteiger partial charge < -0.3 is 5.73 Å². The molecule has 2 N–H and O–H groups in total. The first-order valence-electron chi connectivity index (χ1n) is 3.68. The van der Waals surface area contributed by atoms with Gasteiger partial charge in [-0.15, -0.1) is 0 Å². The molecule has 2 aromatic rings. The molecule has 0 radical (unpaired) electrons. The van der Waals surface area contributed by atoms with Crippen LogP contribution in [-0.2, 0) is 0 Å². The summed E-state index contributed by atoms with van der Waals surface area (Å²) in [6.07, 6.45) is 0. The van der Waals surface area contributed by atoms with E-state index in [4.69, 9.17) is 17.3 Å².